The largest absolute Gasteiger partial charge is 0.463 e. The lowest BCUT2D eigenvalue weighted by Crippen LogP contribution is -2.08. The first-order chi connectivity index (χ1) is 11.7. The zero-order chi connectivity index (χ0) is 16.5. The SMILES string of the molecule is NCc1cccc(Cn2nnc3c(-c4ccco4)nc(N)nc32)n1. The molecule has 0 unspecified atom stereocenters. The minimum absolute atomic E-state index is 0.126. The van der Waals surface area contributed by atoms with Gasteiger partial charge in [-0.25, -0.2) is 9.67 Å². The number of rotatable bonds is 4. The van der Waals surface area contributed by atoms with Gasteiger partial charge in [0.05, 0.1) is 24.2 Å². The van der Waals surface area contributed by atoms with Gasteiger partial charge in [0.2, 0.25) is 5.95 Å². The maximum absolute atomic E-state index is 5.83. The van der Waals surface area contributed by atoms with Crippen molar-refractivity contribution in [1.29, 1.82) is 0 Å². The summed E-state index contributed by atoms with van der Waals surface area (Å²) in [5.74, 6) is 0.686. The van der Waals surface area contributed by atoms with Crippen LogP contribution in [0.1, 0.15) is 11.4 Å². The predicted octanol–water partition coefficient (Wildman–Crippen LogP) is 0.965. The molecule has 0 spiro atoms. The Morgan fingerprint density at radius 3 is 2.71 bits per heavy atom. The summed E-state index contributed by atoms with van der Waals surface area (Å²) in [6.45, 7) is 0.780. The molecule has 0 saturated carbocycles. The quantitative estimate of drug-likeness (QED) is 0.567. The molecule has 0 aliphatic heterocycles. The summed E-state index contributed by atoms with van der Waals surface area (Å²) in [4.78, 5) is 12.9. The number of nitrogens with zero attached hydrogens (tertiary/aromatic N) is 6. The highest BCUT2D eigenvalue weighted by molar-refractivity contribution is 5.85. The van der Waals surface area contributed by atoms with Crippen LogP contribution in [0.2, 0.25) is 0 Å². The Bertz CT molecular complexity index is 992. The molecule has 0 radical (unpaired) electrons. The van der Waals surface area contributed by atoms with Crippen LogP contribution in [0, 0.1) is 0 Å². The van der Waals surface area contributed by atoms with Crippen LogP contribution in [0.4, 0.5) is 5.95 Å². The number of aromatic nitrogens is 6. The van der Waals surface area contributed by atoms with Gasteiger partial charge >= 0.3 is 0 Å². The summed E-state index contributed by atoms with van der Waals surface area (Å²) in [6.07, 6.45) is 1.56. The van der Waals surface area contributed by atoms with Crippen molar-refractivity contribution in [3.63, 3.8) is 0 Å². The maximum Gasteiger partial charge on any atom is 0.222 e. The van der Waals surface area contributed by atoms with Gasteiger partial charge in [-0.1, -0.05) is 11.3 Å². The molecule has 0 fully saturated rings. The Kier molecular flexibility index (Phi) is 3.39. The van der Waals surface area contributed by atoms with E-state index in [4.69, 9.17) is 15.9 Å². The van der Waals surface area contributed by atoms with Gasteiger partial charge in [0.15, 0.2) is 16.9 Å². The van der Waals surface area contributed by atoms with Crippen LogP contribution in [0.3, 0.4) is 0 Å². The second-order valence-electron chi connectivity index (χ2n) is 5.15. The number of nitrogen functional groups attached to an aromatic ring is 1. The van der Waals surface area contributed by atoms with E-state index in [0.29, 0.717) is 35.7 Å². The van der Waals surface area contributed by atoms with Crippen LogP contribution >= 0.6 is 0 Å². The Morgan fingerprint density at radius 2 is 1.92 bits per heavy atom. The molecule has 4 heterocycles. The highest BCUT2D eigenvalue weighted by Crippen LogP contribution is 2.25. The molecule has 0 aromatic carbocycles. The number of nitrogens with two attached hydrogens (primary N) is 2. The van der Waals surface area contributed by atoms with E-state index in [1.807, 2.05) is 18.2 Å². The van der Waals surface area contributed by atoms with Crippen LogP contribution in [-0.2, 0) is 13.1 Å². The van der Waals surface area contributed by atoms with E-state index in [0.717, 1.165) is 11.4 Å². The number of furan rings is 1. The Hall–Kier alpha value is -3.33. The number of hydrogen-bond acceptors (Lipinski definition) is 8. The number of pyridine rings is 1. The van der Waals surface area contributed by atoms with Gasteiger partial charge < -0.3 is 15.9 Å². The van der Waals surface area contributed by atoms with Crippen molar-refractivity contribution in [2.45, 2.75) is 13.1 Å². The van der Waals surface area contributed by atoms with Crippen LogP contribution in [0.25, 0.3) is 22.6 Å². The summed E-state index contributed by atoms with van der Waals surface area (Å²) in [7, 11) is 0. The van der Waals surface area contributed by atoms with E-state index < -0.39 is 0 Å². The third kappa shape index (κ3) is 2.46. The lowest BCUT2D eigenvalue weighted by molar-refractivity contribution is 0.580. The summed E-state index contributed by atoms with van der Waals surface area (Å²) in [6, 6.07) is 9.22. The lowest BCUT2D eigenvalue weighted by Gasteiger charge is -2.04. The maximum atomic E-state index is 5.83. The number of hydrogen-bond donors (Lipinski definition) is 2. The second-order valence-corrected chi connectivity index (χ2v) is 5.15. The molecule has 9 nitrogen and oxygen atoms in total. The molecular weight excluding hydrogens is 308 g/mol. The molecule has 24 heavy (non-hydrogen) atoms. The van der Waals surface area contributed by atoms with Crippen molar-refractivity contribution in [3.05, 3.63) is 48.0 Å². The van der Waals surface area contributed by atoms with Gasteiger partial charge in [-0.2, -0.15) is 4.98 Å². The lowest BCUT2D eigenvalue weighted by atomic mass is 10.3. The normalized spacial score (nSPS) is 11.2. The highest BCUT2D eigenvalue weighted by Gasteiger charge is 2.17. The van der Waals surface area contributed by atoms with Crippen molar-refractivity contribution in [2.75, 3.05) is 5.73 Å². The van der Waals surface area contributed by atoms with Crippen molar-refractivity contribution < 1.29 is 4.42 Å². The van der Waals surface area contributed by atoms with Crippen molar-refractivity contribution in [3.8, 4) is 11.5 Å². The Labute approximate surface area is 136 Å². The van der Waals surface area contributed by atoms with Gasteiger partial charge in [0.25, 0.3) is 0 Å². The van der Waals surface area contributed by atoms with Crippen LogP contribution in [0.15, 0.2) is 41.0 Å². The summed E-state index contributed by atoms with van der Waals surface area (Å²) >= 11 is 0. The van der Waals surface area contributed by atoms with Gasteiger partial charge in [0.1, 0.15) is 5.69 Å². The fourth-order valence-corrected chi connectivity index (χ4v) is 2.45. The molecule has 4 N–H and O–H groups in total. The smallest absolute Gasteiger partial charge is 0.222 e. The molecule has 4 rings (SSSR count). The van der Waals surface area contributed by atoms with E-state index in [-0.39, 0.29) is 5.95 Å². The number of anilines is 1. The first-order valence-corrected chi connectivity index (χ1v) is 7.30. The Balaban J connectivity index is 1.80. The monoisotopic (exact) mass is 322 g/mol. The molecule has 0 bridgehead atoms. The van der Waals surface area contributed by atoms with Crippen LogP contribution in [0.5, 0.6) is 0 Å². The first-order valence-electron chi connectivity index (χ1n) is 7.30. The first kappa shape index (κ1) is 14.3. The zero-order valence-corrected chi connectivity index (χ0v) is 12.6. The Morgan fingerprint density at radius 1 is 1.04 bits per heavy atom. The molecule has 0 saturated heterocycles. The average molecular weight is 322 g/mol. The molecule has 0 atom stereocenters. The standard InChI is InChI=1S/C15H14N8O/c16-7-9-3-1-4-10(18-9)8-23-14-13(21-22-23)12(19-15(17)20-14)11-5-2-6-24-11/h1-6H,7-8,16H2,(H2,17,19,20). The third-order valence-corrected chi connectivity index (χ3v) is 3.52. The summed E-state index contributed by atoms with van der Waals surface area (Å²) in [5, 5.41) is 8.33. The second kappa shape index (κ2) is 5.70. The molecular formula is C15H14N8O. The molecule has 0 aliphatic carbocycles. The molecule has 0 aliphatic rings. The zero-order valence-electron chi connectivity index (χ0n) is 12.6. The van der Waals surface area contributed by atoms with Gasteiger partial charge in [-0.05, 0) is 24.3 Å². The minimum Gasteiger partial charge on any atom is -0.463 e. The molecule has 120 valence electrons. The van der Waals surface area contributed by atoms with E-state index >= 15 is 0 Å². The van der Waals surface area contributed by atoms with Crippen molar-refractivity contribution in [2.24, 2.45) is 5.73 Å². The van der Waals surface area contributed by atoms with E-state index in [1.165, 1.54) is 0 Å². The van der Waals surface area contributed by atoms with E-state index in [9.17, 15) is 0 Å². The molecule has 0 amide bonds. The van der Waals surface area contributed by atoms with E-state index in [2.05, 4.69) is 25.3 Å². The molecule has 4 aromatic heterocycles. The van der Waals surface area contributed by atoms with Gasteiger partial charge in [-0.15, -0.1) is 5.10 Å². The topological polar surface area (TPSA) is 135 Å². The predicted molar refractivity (Wildman–Crippen MR) is 86.5 cm³/mol. The van der Waals surface area contributed by atoms with Crippen molar-refractivity contribution >= 4 is 17.1 Å². The summed E-state index contributed by atoms with van der Waals surface area (Å²) < 4.78 is 7.02. The minimum atomic E-state index is 0.126. The van der Waals surface area contributed by atoms with E-state index in [1.54, 1.807) is 23.1 Å². The number of fused-ring (bicyclic) bond motifs is 1. The van der Waals surface area contributed by atoms with Gasteiger partial charge in [0, 0.05) is 6.54 Å². The van der Waals surface area contributed by atoms with Crippen LogP contribution in [-0.4, -0.2) is 29.9 Å². The van der Waals surface area contributed by atoms with Gasteiger partial charge in [-0.3, -0.25) is 4.98 Å². The fraction of sp³-hybridized carbons (Fsp3) is 0.133. The van der Waals surface area contributed by atoms with Crippen molar-refractivity contribution in [1.82, 2.24) is 29.9 Å². The molecule has 9 heteroatoms. The third-order valence-electron chi connectivity index (χ3n) is 3.52. The van der Waals surface area contributed by atoms with Crippen LogP contribution < -0.4 is 11.5 Å². The average Bonchev–Trinajstić information content (AvgIpc) is 3.25. The molecule has 4 aromatic rings. The summed E-state index contributed by atoms with van der Waals surface area (Å²) in [5.41, 5.74) is 14.6. The highest BCUT2D eigenvalue weighted by atomic mass is 16.3. The fourth-order valence-electron chi connectivity index (χ4n) is 2.45.